The lowest BCUT2D eigenvalue weighted by molar-refractivity contribution is 0.412. The van der Waals surface area contributed by atoms with E-state index >= 15 is 0 Å². The van der Waals surface area contributed by atoms with Crippen molar-refractivity contribution in [3.63, 3.8) is 0 Å². The fourth-order valence-electron chi connectivity index (χ4n) is 3.61. The maximum Gasteiger partial charge on any atom is 0.126 e. The first-order valence-electron chi connectivity index (χ1n) is 9.59. The van der Waals surface area contributed by atoms with Crippen LogP contribution < -0.4 is 5.32 Å². The largest absolute Gasteiger partial charge is 0.508 e. The lowest BCUT2D eigenvalue weighted by Gasteiger charge is -2.31. The summed E-state index contributed by atoms with van der Waals surface area (Å²) in [6.07, 6.45) is 1.60. The molecule has 3 aromatic rings. The molecule has 0 saturated carbocycles. The maximum atomic E-state index is 10.4. The molecule has 142 valence electrons. The van der Waals surface area contributed by atoms with E-state index in [1.165, 1.54) is 5.56 Å². The SMILES string of the molecule is CCc1ccc(C2=N[C@@H](c3ccc(Br)cc3)N[C@H](c3ccccc3O)C2)cc1. The Morgan fingerprint density at radius 2 is 1.71 bits per heavy atom. The number of aromatic hydroxyl groups is 1. The number of aliphatic imine (C=N–C) groups is 1. The summed E-state index contributed by atoms with van der Waals surface area (Å²) in [6, 6.07) is 24.4. The van der Waals surface area contributed by atoms with Crippen LogP contribution in [-0.4, -0.2) is 10.8 Å². The second-order valence-electron chi connectivity index (χ2n) is 7.06. The van der Waals surface area contributed by atoms with Crippen molar-refractivity contribution in [1.29, 1.82) is 0 Å². The Bertz CT molecular complexity index is 980. The highest BCUT2D eigenvalue weighted by Crippen LogP contribution is 2.34. The number of aryl methyl sites for hydroxylation is 1. The molecule has 2 N–H and O–H groups in total. The average Bonchev–Trinajstić information content (AvgIpc) is 2.74. The van der Waals surface area contributed by atoms with E-state index in [4.69, 9.17) is 4.99 Å². The molecular formula is C24H23BrN2O. The molecule has 0 aromatic heterocycles. The molecule has 0 radical (unpaired) electrons. The fourth-order valence-corrected chi connectivity index (χ4v) is 3.88. The molecule has 1 aliphatic rings. The van der Waals surface area contributed by atoms with Crippen molar-refractivity contribution in [2.75, 3.05) is 0 Å². The first-order valence-corrected chi connectivity index (χ1v) is 10.4. The topological polar surface area (TPSA) is 44.6 Å². The van der Waals surface area contributed by atoms with Gasteiger partial charge in [0.2, 0.25) is 0 Å². The quantitative estimate of drug-likeness (QED) is 0.533. The van der Waals surface area contributed by atoms with Crippen LogP contribution in [0, 0.1) is 0 Å². The van der Waals surface area contributed by atoms with Gasteiger partial charge in [-0.25, -0.2) is 0 Å². The number of phenolic OH excluding ortho intramolecular Hbond substituents is 1. The van der Waals surface area contributed by atoms with Crippen LogP contribution in [-0.2, 0) is 6.42 Å². The van der Waals surface area contributed by atoms with Gasteiger partial charge in [0.05, 0.1) is 0 Å². The molecule has 2 atom stereocenters. The molecule has 1 aliphatic heterocycles. The molecule has 0 aliphatic carbocycles. The van der Waals surface area contributed by atoms with Crippen LogP contribution in [0.3, 0.4) is 0 Å². The Kier molecular flexibility index (Phi) is 5.60. The zero-order valence-electron chi connectivity index (χ0n) is 15.8. The van der Waals surface area contributed by atoms with Gasteiger partial charge in [0.1, 0.15) is 11.9 Å². The normalized spacial score (nSPS) is 19.3. The van der Waals surface area contributed by atoms with Gasteiger partial charge < -0.3 is 5.11 Å². The number of halogens is 1. The van der Waals surface area contributed by atoms with Gasteiger partial charge in [0, 0.05) is 28.2 Å². The molecule has 0 unspecified atom stereocenters. The van der Waals surface area contributed by atoms with Gasteiger partial charge in [-0.05, 0) is 41.3 Å². The van der Waals surface area contributed by atoms with Gasteiger partial charge in [-0.1, -0.05) is 77.5 Å². The van der Waals surface area contributed by atoms with Crippen molar-refractivity contribution in [2.24, 2.45) is 4.99 Å². The second kappa shape index (κ2) is 8.29. The molecule has 0 spiro atoms. The molecule has 4 rings (SSSR count). The van der Waals surface area contributed by atoms with E-state index in [2.05, 4.69) is 64.6 Å². The number of benzene rings is 3. The summed E-state index contributed by atoms with van der Waals surface area (Å²) in [5.41, 5.74) is 5.52. The number of para-hydroxylation sites is 1. The minimum atomic E-state index is -0.160. The number of hydrogen-bond acceptors (Lipinski definition) is 3. The summed E-state index contributed by atoms with van der Waals surface area (Å²) >= 11 is 3.50. The number of hydrogen-bond donors (Lipinski definition) is 2. The third kappa shape index (κ3) is 4.03. The highest BCUT2D eigenvalue weighted by molar-refractivity contribution is 9.10. The zero-order valence-corrected chi connectivity index (χ0v) is 17.4. The highest BCUT2D eigenvalue weighted by Gasteiger charge is 2.27. The molecule has 0 fully saturated rings. The summed E-state index contributed by atoms with van der Waals surface area (Å²) in [4.78, 5) is 5.02. The third-order valence-electron chi connectivity index (χ3n) is 5.23. The van der Waals surface area contributed by atoms with Gasteiger partial charge in [-0.3, -0.25) is 10.3 Å². The molecule has 0 amide bonds. The smallest absolute Gasteiger partial charge is 0.126 e. The first kappa shape index (κ1) is 18.9. The molecule has 3 nitrogen and oxygen atoms in total. The summed E-state index contributed by atoms with van der Waals surface area (Å²) in [7, 11) is 0. The minimum Gasteiger partial charge on any atom is -0.508 e. The second-order valence-corrected chi connectivity index (χ2v) is 7.98. The van der Waals surface area contributed by atoms with Crippen LogP contribution in [0.25, 0.3) is 0 Å². The molecular weight excluding hydrogens is 412 g/mol. The number of nitrogens with one attached hydrogen (secondary N) is 1. The monoisotopic (exact) mass is 434 g/mol. The maximum absolute atomic E-state index is 10.4. The van der Waals surface area contributed by atoms with Crippen molar-refractivity contribution in [3.05, 3.63) is 99.5 Å². The Morgan fingerprint density at radius 3 is 2.39 bits per heavy atom. The highest BCUT2D eigenvalue weighted by atomic mass is 79.9. The van der Waals surface area contributed by atoms with E-state index < -0.39 is 0 Å². The Balaban J connectivity index is 1.73. The van der Waals surface area contributed by atoms with Crippen LogP contribution in [0.15, 0.2) is 82.3 Å². The van der Waals surface area contributed by atoms with E-state index in [-0.39, 0.29) is 12.2 Å². The van der Waals surface area contributed by atoms with Crippen LogP contribution in [0.2, 0.25) is 0 Å². The van der Waals surface area contributed by atoms with Crippen molar-refractivity contribution in [1.82, 2.24) is 5.32 Å². The summed E-state index contributed by atoms with van der Waals surface area (Å²) < 4.78 is 1.05. The van der Waals surface area contributed by atoms with Crippen molar-refractivity contribution < 1.29 is 5.11 Å². The van der Waals surface area contributed by atoms with E-state index in [1.54, 1.807) is 6.07 Å². The Hall–Kier alpha value is -2.43. The van der Waals surface area contributed by atoms with Crippen molar-refractivity contribution in [2.45, 2.75) is 32.0 Å². The predicted octanol–water partition coefficient (Wildman–Crippen LogP) is 5.94. The predicted molar refractivity (Wildman–Crippen MR) is 118 cm³/mol. The fraction of sp³-hybridized carbons (Fsp3) is 0.208. The van der Waals surface area contributed by atoms with Crippen molar-refractivity contribution in [3.8, 4) is 5.75 Å². The van der Waals surface area contributed by atoms with Gasteiger partial charge >= 0.3 is 0 Å². The summed E-state index contributed by atoms with van der Waals surface area (Å²) in [5, 5.41) is 14.0. The lowest BCUT2D eigenvalue weighted by atomic mass is 9.93. The first-order chi connectivity index (χ1) is 13.6. The summed E-state index contributed by atoms with van der Waals surface area (Å²) in [5.74, 6) is 0.317. The third-order valence-corrected chi connectivity index (χ3v) is 5.76. The minimum absolute atomic E-state index is 0.00630. The number of rotatable bonds is 4. The van der Waals surface area contributed by atoms with Gasteiger partial charge in [0.25, 0.3) is 0 Å². The van der Waals surface area contributed by atoms with Gasteiger partial charge in [-0.2, -0.15) is 0 Å². The van der Waals surface area contributed by atoms with E-state index in [0.717, 1.165) is 39.7 Å². The molecule has 3 aromatic carbocycles. The molecule has 0 bridgehead atoms. The lowest BCUT2D eigenvalue weighted by Crippen LogP contribution is -2.33. The van der Waals surface area contributed by atoms with E-state index in [0.29, 0.717) is 5.75 Å². The summed E-state index contributed by atoms with van der Waals surface area (Å²) in [6.45, 7) is 2.16. The standard InChI is InChI=1S/C24H23BrN2O/c1-2-16-7-9-17(10-8-16)21-15-22(20-5-3-4-6-23(20)28)27-24(26-21)18-11-13-19(25)14-12-18/h3-14,22,24,27-28H,2,15H2,1H3/t22-,24+/m0/s1. The van der Waals surface area contributed by atoms with Crippen LogP contribution in [0.1, 0.15) is 47.8 Å². The van der Waals surface area contributed by atoms with E-state index in [1.807, 2.05) is 30.3 Å². The molecule has 4 heteroatoms. The molecule has 28 heavy (non-hydrogen) atoms. The van der Waals surface area contributed by atoms with Crippen molar-refractivity contribution >= 4 is 21.6 Å². The van der Waals surface area contributed by atoms with Gasteiger partial charge in [-0.15, -0.1) is 0 Å². The zero-order chi connectivity index (χ0) is 19.5. The molecule has 0 saturated heterocycles. The number of phenols is 1. The molecule has 1 heterocycles. The Labute approximate surface area is 174 Å². The average molecular weight is 435 g/mol. The van der Waals surface area contributed by atoms with Crippen LogP contribution in [0.5, 0.6) is 5.75 Å². The van der Waals surface area contributed by atoms with Crippen LogP contribution in [0.4, 0.5) is 0 Å². The van der Waals surface area contributed by atoms with Gasteiger partial charge in [0.15, 0.2) is 0 Å². The number of nitrogens with zero attached hydrogens (tertiary/aromatic N) is 1. The van der Waals surface area contributed by atoms with Crippen LogP contribution >= 0.6 is 15.9 Å². The van der Waals surface area contributed by atoms with E-state index in [9.17, 15) is 5.11 Å². The Morgan fingerprint density at radius 1 is 1.00 bits per heavy atom.